The summed E-state index contributed by atoms with van der Waals surface area (Å²) in [6.45, 7) is 2.43. The highest BCUT2D eigenvalue weighted by molar-refractivity contribution is 5.29. The third-order valence-electron chi connectivity index (χ3n) is 4.78. The van der Waals surface area contributed by atoms with Gasteiger partial charge < -0.3 is 5.32 Å². The van der Waals surface area contributed by atoms with Crippen LogP contribution in [0, 0.1) is 0 Å². The van der Waals surface area contributed by atoms with E-state index in [1.807, 2.05) is 0 Å². The number of benzene rings is 1. The van der Waals surface area contributed by atoms with Crippen LogP contribution in [0.2, 0.25) is 0 Å². The molecule has 0 amide bonds. The van der Waals surface area contributed by atoms with E-state index >= 15 is 0 Å². The summed E-state index contributed by atoms with van der Waals surface area (Å²) in [7, 11) is 2.10. The summed E-state index contributed by atoms with van der Waals surface area (Å²) < 4.78 is 0. The molecule has 2 nitrogen and oxygen atoms in total. The fourth-order valence-electron chi connectivity index (χ4n) is 3.56. The molecule has 0 bridgehead atoms. The first-order valence-electron chi connectivity index (χ1n) is 7.35. The second-order valence-electron chi connectivity index (χ2n) is 5.78. The van der Waals surface area contributed by atoms with Gasteiger partial charge in [0, 0.05) is 25.2 Å². The Morgan fingerprint density at radius 3 is 2.50 bits per heavy atom. The van der Waals surface area contributed by atoms with Crippen molar-refractivity contribution in [1.29, 1.82) is 0 Å². The van der Waals surface area contributed by atoms with E-state index in [1.165, 1.54) is 45.2 Å². The number of hydrogen-bond donors (Lipinski definition) is 1. The van der Waals surface area contributed by atoms with Crippen LogP contribution in [0.1, 0.15) is 36.8 Å². The van der Waals surface area contributed by atoms with E-state index in [4.69, 9.17) is 0 Å². The Bertz CT molecular complexity index is 394. The molecule has 1 aromatic rings. The smallest absolute Gasteiger partial charge is 0.0239 e. The summed E-state index contributed by atoms with van der Waals surface area (Å²) in [5.74, 6) is 0. The summed E-state index contributed by atoms with van der Waals surface area (Å²) in [5.41, 5.74) is 3.12. The molecule has 0 spiro atoms. The van der Waals surface area contributed by atoms with Gasteiger partial charge >= 0.3 is 0 Å². The van der Waals surface area contributed by atoms with E-state index in [-0.39, 0.29) is 0 Å². The Balaban J connectivity index is 1.63. The summed E-state index contributed by atoms with van der Waals surface area (Å²) in [5, 5.41) is 3.42. The molecule has 0 aromatic heterocycles. The second-order valence-corrected chi connectivity index (χ2v) is 5.78. The van der Waals surface area contributed by atoms with Crippen LogP contribution in [0.25, 0.3) is 0 Å². The van der Waals surface area contributed by atoms with Gasteiger partial charge in [-0.3, -0.25) is 4.90 Å². The molecule has 0 radical (unpaired) electrons. The van der Waals surface area contributed by atoms with Gasteiger partial charge in [-0.25, -0.2) is 0 Å². The maximum Gasteiger partial charge on any atom is 0.0239 e. The number of nitrogens with one attached hydrogen (secondary N) is 1. The fourth-order valence-corrected chi connectivity index (χ4v) is 3.56. The average Bonchev–Trinajstić information content (AvgIpc) is 2.47. The normalized spacial score (nSPS) is 28.9. The number of rotatable bonds is 2. The molecule has 1 fully saturated rings. The molecule has 1 aromatic carbocycles. The lowest BCUT2D eigenvalue weighted by atomic mass is 9.88. The molecule has 0 atom stereocenters. The Hall–Kier alpha value is -0.860. The van der Waals surface area contributed by atoms with Gasteiger partial charge in [0.25, 0.3) is 0 Å². The minimum Gasteiger partial charge on any atom is -0.317 e. The monoisotopic (exact) mass is 244 g/mol. The summed E-state index contributed by atoms with van der Waals surface area (Å²) in [6, 6.07) is 10.5. The van der Waals surface area contributed by atoms with Gasteiger partial charge in [0.15, 0.2) is 0 Å². The SMILES string of the molecule is CNC1CCC(N2CCc3ccccc3C2)CC1. The van der Waals surface area contributed by atoms with Crippen molar-refractivity contribution in [1.82, 2.24) is 10.2 Å². The zero-order chi connectivity index (χ0) is 12.4. The lowest BCUT2D eigenvalue weighted by molar-refractivity contribution is 0.131. The third kappa shape index (κ3) is 2.45. The first-order valence-corrected chi connectivity index (χ1v) is 7.35. The summed E-state index contributed by atoms with van der Waals surface area (Å²) in [4.78, 5) is 2.72. The van der Waals surface area contributed by atoms with Crippen LogP contribution < -0.4 is 5.32 Å². The predicted molar refractivity (Wildman–Crippen MR) is 75.7 cm³/mol. The lowest BCUT2D eigenvalue weighted by Gasteiger charge is -2.39. The van der Waals surface area contributed by atoms with Crippen LogP contribution in [-0.2, 0) is 13.0 Å². The molecule has 3 rings (SSSR count). The van der Waals surface area contributed by atoms with Crippen LogP contribution in [-0.4, -0.2) is 30.6 Å². The highest BCUT2D eigenvalue weighted by Gasteiger charge is 2.27. The minimum atomic E-state index is 0.762. The molecular formula is C16H24N2. The van der Waals surface area contributed by atoms with Crippen molar-refractivity contribution in [2.24, 2.45) is 0 Å². The molecule has 1 N–H and O–H groups in total. The van der Waals surface area contributed by atoms with Gasteiger partial charge in [-0.05, 0) is 50.3 Å². The summed E-state index contributed by atoms with van der Waals surface area (Å²) >= 11 is 0. The number of hydrogen-bond acceptors (Lipinski definition) is 2. The molecule has 1 saturated carbocycles. The van der Waals surface area contributed by atoms with E-state index in [0.717, 1.165) is 12.1 Å². The molecule has 2 aliphatic rings. The largest absolute Gasteiger partial charge is 0.317 e. The third-order valence-corrected chi connectivity index (χ3v) is 4.78. The van der Waals surface area contributed by atoms with Crippen LogP contribution in [0.15, 0.2) is 24.3 Å². The van der Waals surface area contributed by atoms with Crippen LogP contribution in [0.5, 0.6) is 0 Å². The van der Waals surface area contributed by atoms with Gasteiger partial charge in [-0.15, -0.1) is 0 Å². The first kappa shape index (κ1) is 12.2. The van der Waals surface area contributed by atoms with Gasteiger partial charge in [-0.1, -0.05) is 24.3 Å². The Labute approximate surface area is 110 Å². The molecule has 1 heterocycles. The number of nitrogens with zero attached hydrogens (tertiary/aromatic N) is 1. The fraction of sp³-hybridized carbons (Fsp3) is 0.625. The zero-order valence-corrected chi connectivity index (χ0v) is 11.4. The topological polar surface area (TPSA) is 15.3 Å². The molecule has 0 saturated heterocycles. The summed E-state index contributed by atoms with van der Waals surface area (Å²) in [6.07, 6.45) is 6.67. The van der Waals surface area contributed by atoms with Crippen molar-refractivity contribution >= 4 is 0 Å². The molecule has 0 unspecified atom stereocenters. The van der Waals surface area contributed by atoms with Crippen LogP contribution in [0.3, 0.4) is 0 Å². The quantitative estimate of drug-likeness (QED) is 0.860. The van der Waals surface area contributed by atoms with E-state index in [2.05, 4.69) is 41.5 Å². The van der Waals surface area contributed by atoms with Crippen molar-refractivity contribution in [3.63, 3.8) is 0 Å². The Morgan fingerprint density at radius 1 is 1.06 bits per heavy atom. The highest BCUT2D eigenvalue weighted by atomic mass is 15.2. The van der Waals surface area contributed by atoms with Crippen molar-refractivity contribution in [3.05, 3.63) is 35.4 Å². The molecule has 1 aliphatic heterocycles. The predicted octanol–water partition coefficient (Wildman–Crippen LogP) is 2.58. The highest BCUT2D eigenvalue weighted by Crippen LogP contribution is 2.27. The van der Waals surface area contributed by atoms with Crippen molar-refractivity contribution in [2.75, 3.05) is 13.6 Å². The second kappa shape index (κ2) is 5.41. The average molecular weight is 244 g/mol. The van der Waals surface area contributed by atoms with Gasteiger partial charge in [0.2, 0.25) is 0 Å². The standard InChI is InChI=1S/C16H24N2/c1-17-15-6-8-16(9-7-15)18-11-10-13-4-2-3-5-14(13)12-18/h2-5,15-17H,6-12H2,1H3. The molecule has 18 heavy (non-hydrogen) atoms. The molecule has 1 aliphatic carbocycles. The van der Waals surface area contributed by atoms with E-state index < -0.39 is 0 Å². The van der Waals surface area contributed by atoms with Gasteiger partial charge in [-0.2, -0.15) is 0 Å². The van der Waals surface area contributed by atoms with Gasteiger partial charge in [0.05, 0.1) is 0 Å². The maximum atomic E-state index is 3.42. The number of fused-ring (bicyclic) bond motifs is 1. The first-order chi connectivity index (χ1) is 8.86. The maximum absolute atomic E-state index is 3.42. The van der Waals surface area contributed by atoms with E-state index in [9.17, 15) is 0 Å². The Kier molecular flexibility index (Phi) is 3.67. The Morgan fingerprint density at radius 2 is 1.78 bits per heavy atom. The van der Waals surface area contributed by atoms with Crippen molar-refractivity contribution in [2.45, 2.75) is 50.7 Å². The molecule has 2 heteroatoms. The molecule has 98 valence electrons. The van der Waals surface area contributed by atoms with Crippen LogP contribution in [0.4, 0.5) is 0 Å². The van der Waals surface area contributed by atoms with Crippen LogP contribution >= 0.6 is 0 Å². The van der Waals surface area contributed by atoms with E-state index in [0.29, 0.717) is 0 Å². The lowest BCUT2D eigenvalue weighted by Crippen LogP contribution is -2.43. The minimum absolute atomic E-state index is 0.762. The van der Waals surface area contributed by atoms with Gasteiger partial charge in [0.1, 0.15) is 0 Å². The van der Waals surface area contributed by atoms with Crippen molar-refractivity contribution in [3.8, 4) is 0 Å². The van der Waals surface area contributed by atoms with Crippen molar-refractivity contribution < 1.29 is 0 Å². The molecular weight excluding hydrogens is 220 g/mol. The zero-order valence-electron chi connectivity index (χ0n) is 11.4. The van der Waals surface area contributed by atoms with E-state index in [1.54, 1.807) is 11.1 Å².